The SMILES string of the molecule is O=C(O)c1ccc(NC(=O)C2c3cccc(-c4cnc(O)nc4)c3CCN2C(=O)c2cn(-c3cccc(Cl)c3F)nn2)cc1. The number of anilines is 1. The van der Waals surface area contributed by atoms with Crippen molar-refractivity contribution < 1.29 is 29.0 Å². The molecule has 3 heterocycles. The van der Waals surface area contributed by atoms with E-state index >= 15 is 0 Å². The van der Waals surface area contributed by atoms with E-state index in [1.54, 1.807) is 12.1 Å². The molecule has 0 spiro atoms. The molecule has 44 heavy (non-hydrogen) atoms. The van der Waals surface area contributed by atoms with Gasteiger partial charge in [-0.1, -0.05) is 41.1 Å². The molecule has 14 heteroatoms. The van der Waals surface area contributed by atoms with Crippen molar-refractivity contribution in [3.8, 4) is 22.8 Å². The van der Waals surface area contributed by atoms with Crippen LogP contribution >= 0.6 is 11.6 Å². The summed E-state index contributed by atoms with van der Waals surface area (Å²) >= 11 is 5.91. The van der Waals surface area contributed by atoms with Gasteiger partial charge in [-0.2, -0.15) is 0 Å². The molecule has 12 nitrogen and oxygen atoms in total. The lowest BCUT2D eigenvalue weighted by Crippen LogP contribution is -2.45. The molecule has 5 aromatic rings. The monoisotopic (exact) mass is 613 g/mol. The van der Waals surface area contributed by atoms with Gasteiger partial charge >= 0.3 is 12.0 Å². The van der Waals surface area contributed by atoms with Crippen molar-refractivity contribution in [1.29, 1.82) is 0 Å². The summed E-state index contributed by atoms with van der Waals surface area (Å²) in [6.07, 6.45) is 4.53. The van der Waals surface area contributed by atoms with E-state index in [1.165, 1.54) is 66.0 Å². The van der Waals surface area contributed by atoms with Crippen LogP contribution in [0.4, 0.5) is 10.1 Å². The Hall–Kier alpha value is -5.69. The van der Waals surface area contributed by atoms with Crippen molar-refractivity contribution in [1.82, 2.24) is 29.9 Å². The number of benzene rings is 3. The number of aromatic hydroxyl groups is 1. The minimum absolute atomic E-state index is 0.00657. The minimum atomic E-state index is -1.14. The Morgan fingerprint density at radius 2 is 1.73 bits per heavy atom. The maximum Gasteiger partial charge on any atom is 0.335 e. The first kappa shape index (κ1) is 28.4. The molecule has 6 rings (SSSR count). The first-order chi connectivity index (χ1) is 21.2. The zero-order valence-corrected chi connectivity index (χ0v) is 23.3. The van der Waals surface area contributed by atoms with Gasteiger partial charge in [0.15, 0.2) is 11.5 Å². The molecule has 1 aliphatic heterocycles. The topological polar surface area (TPSA) is 163 Å². The lowest BCUT2D eigenvalue weighted by molar-refractivity contribution is -0.121. The molecule has 3 N–H and O–H groups in total. The van der Waals surface area contributed by atoms with Gasteiger partial charge in [-0.05, 0) is 59.5 Å². The summed E-state index contributed by atoms with van der Waals surface area (Å²) in [7, 11) is 0. The van der Waals surface area contributed by atoms with E-state index in [0.717, 1.165) is 15.8 Å². The number of hydrogen-bond donors (Lipinski definition) is 3. The highest BCUT2D eigenvalue weighted by molar-refractivity contribution is 6.30. The van der Waals surface area contributed by atoms with Crippen molar-refractivity contribution in [2.75, 3.05) is 11.9 Å². The summed E-state index contributed by atoms with van der Waals surface area (Å²) in [5.41, 5.74) is 2.87. The van der Waals surface area contributed by atoms with Crippen molar-refractivity contribution in [2.24, 2.45) is 0 Å². The molecule has 0 radical (unpaired) electrons. The van der Waals surface area contributed by atoms with E-state index in [2.05, 4.69) is 25.6 Å². The van der Waals surface area contributed by atoms with Crippen LogP contribution in [-0.2, 0) is 11.2 Å². The number of hydrogen-bond acceptors (Lipinski definition) is 8. The average molecular weight is 614 g/mol. The number of carbonyl (C=O) groups is 3. The molecule has 0 bridgehead atoms. The number of carbonyl (C=O) groups excluding carboxylic acids is 2. The highest BCUT2D eigenvalue weighted by Gasteiger charge is 2.38. The van der Waals surface area contributed by atoms with Gasteiger partial charge in [0.05, 0.1) is 16.8 Å². The molecule has 1 atom stereocenters. The molecular formula is C30H21ClFN7O5. The molecule has 0 saturated heterocycles. The van der Waals surface area contributed by atoms with Gasteiger partial charge in [0.1, 0.15) is 11.7 Å². The van der Waals surface area contributed by atoms with Gasteiger partial charge < -0.3 is 20.4 Å². The minimum Gasteiger partial charge on any atom is -0.479 e. The van der Waals surface area contributed by atoms with Crippen molar-refractivity contribution >= 4 is 35.1 Å². The number of amides is 2. The van der Waals surface area contributed by atoms with Gasteiger partial charge in [0.2, 0.25) is 0 Å². The van der Waals surface area contributed by atoms with Crippen LogP contribution < -0.4 is 5.32 Å². The smallest absolute Gasteiger partial charge is 0.335 e. The number of carboxylic acid groups (broad SMARTS) is 1. The second-order valence-electron chi connectivity index (χ2n) is 9.79. The van der Waals surface area contributed by atoms with Gasteiger partial charge in [-0.25, -0.2) is 23.8 Å². The van der Waals surface area contributed by atoms with E-state index in [1.807, 2.05) is 6.07 Å². The van der Waals surface area contributed by atoms with Crippen LogP contribution in [0.25, 0.3) is 16.8 Å². The third-order valence-electron chi connectivity index (χ3n) is 7.17. The number of halogens is 2. The molecule has 2 amide bonds. The normalized spacial score (nSPS) is 14.1. The quantitative estimate of drug-likeness (QED) is 0.253. The van der Waals surface area contributed by atoms with Crippen molar-refractivity contribution in [3.63, 3.8) is 0 Å². The van der Waals surface area contributed by atoms with E-state index in [4.69, 9.17) is 11.6 Å². The zero-order chi connectivity index (χ0) is 31.0. The number of rotatable bonds is 6. The summed E-state index contributed by atoms with van der Waals surface area (Å²) in [6, 6.07) is 13.7. The van der Waals surface area contributed by atoms with E-state index in [9.17, 15) is 29.0 Å². The fraction of sp³-hybridized carbons (Fsp3) is 0.100. The standard InChI is InChI=1S/C30H21ClFN7O5/c31-22-5-2-6-24(25(22)32)39-15-23(36-37-39)28(41)38-12-11-20-19(17-13-33-30(44)34-14-17)3-1-4-21(20)26(38)27(40)35-18-9-7-16(8-10-18)29(42)43/h1-10,13-15,26H,11-12H2,(H,35,40)(H,42,43)(H,33,34,44). The Bertz CT molecular complexity index is 1910. The lowest BCUT2D eigenvalue weighted by atomic mass is 9.86. The second-order valence-corrected chi connectivity index (χ2v) is 10.2. The molecule has 2 aromatic heterocycles. The van der Waals surface area contributed by atoms with E-state index in [0.29, 0.717) is 23.2 Å². The molecule has 3 aromatic carbocycles. The molecule has 0 aliphatic carbocycles. The predicted octanol–water partition coefficient (Wildman–Crippen LogP) is 4.30. The average Bonchev–Trinajstić information content (AvgIpc) is 3.52. The summed E-state index contributed by atoms with van der Waals surface area (Å²) in [6.45, 7) is 0.107. The Morgan fingerprint density at radius 3 is 2.45 bits per heavy atom. The van der Waals surface area contributed by atoms with E-state index in [-0.39, 0.29) is 34.5 Å². The van der Waals surface area contributed by atoms with Crippen LogP contribution in [0.3, 0.4) is 0 Å². The Labute approximate surface area is 253 Å². The number of aromatic carboxylic acids is 1. The Morgan fingerprint density at radius 1 is 1.00 bits per heavy atom. The van der Waals surface area contributed by atoms with Crippen LogP contribution in [0, 0.1) is 5.82 Å². The van der Waals surface area contributed by atoms with Gasteiger partial charge in [-0.3, -0.25) is 9.59 Å². The molecule has 220 valence electrons. The molecule has 1 unspecified atom stereocenters. The predicted molar refractivity (Wildman–Crippen MR) is 155 cm³/mol. The van der Waals surface area contributed by atoms with E-state index < -0.39 is 29.6 Å². The van der Waals surface area contributed by atoms with Gasteiger partial charge in [0.25, 0.3) is 11.8 Å². The highest BCUT2D eigenvalue weighted by atomic mass is 35.5. The second kappa shape index (κ2) is 11.5. The van der Waals surface area contributed by atoms with Crippen LogP contribution in [-0.4, -0.2) is 64.4 Å². The highest BCUT2D eigenvalue weighted by Crippen LogP contribution is 2.37. The Kier molecular flexibility index (Phi) is 7.45. The van der Waals surface area contributed by atoms with Crippen LogP contribution in [0.2, 0.25) is 5.02 Å². The molecule has 0 fully saturated rings. The first-order valence-corrected chi connectivity index (χ1v) is 13.5. The third-order valence-corrected chi connectivity index (χ3v) is 7.46. The fourth-order valence-corrected chi connectivity index (χ4v) is 5.27. The van der Waals surface area contributed by atoms with Crippen LogP contribution in [0.15, 0.2) is 79.3 Å². The largest absolute Gasteiger partial charge is 0.479 e. The summed E-state index contributed by atoms with van der Waals surface area (Å²) < 4.78 is 15.7. The lowest BCUT2D eigenvalue weighted by Gasteiger charge is -2.36. The summed E-state index contributed by atoms with van der Waals surface area (Å²) in [5.74, 6) is -3.03. The van der Waals surface area contributed by atoms with Gasteiger partial charge in [0, 0.05) is 30.2 Å². The number of nitrogens with zero attached hydrogens (tertiary/aromatic N) is 6. The maximum absolute atomic E-state index is 14.6. The number of nitrogens with one attached hydrogen (secondary N) is 1. The molecule has 1 aliphatic rings. The number of fused-ring (bicyclic) bond motifs is 1. The molecular weight excluding hydrogens is 593 g/mol. The van der Waals surface area contributed by atoms with Crippen LogP contribution in [0.5, 0.6) is 6.01 Å². The number of aromatic nitrogens is 5. The van der Waals surface area contributed by atoms with Crippen molar-refractivity contribution in [3.05, 3.63) is 112 Å². The first-order valence-electron chi connectivity index (χ1n) is 13.2. The zero-order valence-electron chi connectivity index (χ0n) is 22.6. The summed E-state index contributed by atoms with van der Waals surface area (Å²) in [5, 5.41) is 29.3. The third kappa shape index (κ3) is 5.31. The Balaban J connectivity index is 1.38. The molecule has 0 saturated carbocycles. The fourth-order valence-electron chi connectivity index (χ4n) is 5.10. The summed E-state index contributed by atoms with van der Waals surface area (Å²) in [4.78, 5) is 48.1. The van der Waals surface area contributed by atoms with Crippen LogP contribution in [0.1, 0.15) is 38.0 Å². The maximum atomic E-state index is 14.6. The van der Waals surface area contributed by atoms with Crippen molar-refractivity contribution in [2.45, 2.75) is 12.5 Å². The number of carboxylic acids is 1. The van der Waals surface area contributed by atoms with Gasteiger partial charge in [-0.15, -0.1) is 5.10 Å².